The quantitative estimate of drug-likeness (QED) is 0.497. The van der Waals surface area contributed by atoms with Gasteiger partial charge in [-0.1, -0.05) is 30.2 Å². The van der Waals surface area contributed by atoms with Gasteiger partial charge in [0.25, 0.3) is 0 Å². The van der Waals surface area contributed by atoms with E-state index in [4.69, 9.17) is 5.53 Å². The SMILES string of the molecule is CCC(=O)N1c2ccccc2C(Nc2ccc(N=[N+]=[N-])cn2)CC1C. The molecule has 2 aromatic rings. The Hall–Kier alpha value is -3.05. The number of fused-ring (bicyclic) bond motifs is 1. The van der Waals surface area contributed by atoms with Crippen molar-refractivity contribution >= 4 is 23.1 Å². The second-order valence-electron chi connectivity index (χ2n) is 6.05. The molecule has 7 heteroatoms. The van der Waals surface area contributed by atoms with Crippen molar-refractivity contribution < 1.29 is 4.79 Å². The van der Waals surface area contributed by atoms with E-state index in [0.29, 0.717) is 17.9 Å². The maximum absolute atomic E-state index is 12.4. The first-order chi connectivity index (χ1) is 12.1. The fourth-order valence-corrected chi connectivity index (χ4v) is 3.26. The summed E-state index contributed by atoms with van der Waals surface area (Å²) in [5.74, 6) is 0.842. The molecule has 1 N–H and O–H groups in total. The number of azide groups is 1. The van der Waals surface area contributed by atoms with Crippen molar-refractivity contribution in [2.24, 2.45) is 5.11 Å². The third-order valence-electron chi connectivity index (χ3n) is 4.39. The van der Waals surface area contributed by atoms with Gasteiger partial charge in [0, 0.05) is 29.3 Å². The molecule has 0 radical (unpaired) electrons. The van der Waals surface area contributed by atoms with E-state index in [2.05, 4.69) is 27.3 Å². The van der Waals surface area contributed by atoms with Crippen LogP contribution in [0.2, 0.25) is 0 Å². The van der Waals surface area contributed by atoms with E-state index in [1.54, 1.807) is 12.1 Å². The Bertz CT molecular complexity index is 813. The van der Waals surface area contributed by atoms with Crippen molar-refractivity contribution in [2.75, 3.05) is 10.2 Å². The van der Waals surface area contributed by atoms with E-state index in [0.717, 1.165) is 17.7 Å². The molecule has 2 unspecified atom stereocenters. The van der Waals surface area contributed by atoms with Gasteiger partial charge in [0.2, 0.25) is 5.91 Å². The minimum Gasteiger partial charge on any atom is -0.363 e. The number of carbonyl (C=O) groups excluding carboxylic acids is 1. The molecule has 1 amide bonds. The summed E-state index contributed by atoms with van der Waals surface area (Å²) in [6.07, 6.45) is 2.81. The Labute approximate surface area is 146 Å². The molecule has 7 nitrogen and oxygen atoms in total. The lowest BCUT2D eigenvalue weighted by Crippen LogP contribution is -2.44. The lowest BCUT2D eigenvalue weighted by molar-refractivity contribution is -0.118. The number of para-hydroxylation sites is 1. The molecule has 0 saturated carbocycles. The molecule has 1 aliphatic rings. The zero-order valence-electron chi connectivity index (χ0n) is 14.3. The smallest absolute Gasteiger partial charge is 0.226 e. The first kappa shape index (κ1) is 16.8. The summed E-state index contributed by atoms with van der Waals surface area (Å²) >= 11 is 0. The van der Waals surface area contributed by atoms with Gasteiger partial charge in [0.1, 0.15) is 5.82 Å². The second kappa shape index (κ2) is 7.23. The molecular formula is C18H20N6O. The largest absolute Gasteiger partial charge is 0.363 e. The number of hydrogen-bond acceptors (Lipinski definition) is 4. The highest BCUT2D eigenvalue weighted by Crippen LogP contribution is 2.38. The summed E-state index contributed by atoms with van der Waals surface area (Å²) in [6, 6.07) is 11.6. The van der Waals surface area contributed by atoms with Crippen molar-refractivity contribution in [3.8, 4) is 0 Å². The molecule has 128 valence electrons. The molecule has 25 heavy (non-hydrogen) atoms. The Morgan fingerprint density at radius 1 is 1.40 bits per heavy atom. The van der Waals surface area contributed by atoms with Crippen LogP contribution in [-0.4, -0.2) is 16.9 Å². The molecule has 0 bridgehead atoms. The summed E-state index contributed by atoms with van der Waals surface area (Å²) in [4.78, 5) is 21.3. The van der Waals surface area contributed by atoms with E-state index in [9.17, 15) is 4.79 Å². The monoisotopic (exact) mass is 336 g/mol. The van der Waals surface area contributed by atoms with Crippen LogP contribution in [0.4, 0.5) is 17.2 Å². The van der Waals surface area contributed by atoms with Crippen LogP contribution in [-0.2, 0) is 4.79 Å². The van der Waals surface area contributed by atoms with Crippen LogP contribution in [0, 0.1) is 0 Å². The van der Waals surface area contributed by atoms with Crippen molar-refractivity contribution in [2.45, 2.75) is 38.8 Å². The van der Waals surface area contributed by atoms with Crippen molar-refractivity contribution in [3.63, 3.8) is 0 Å². The van der Waals surface area contributed by atoms with E-state index in [1.807, 2.05) is 36.1 Å². The molecule has 2 atom stereocenters. The maximum Gasteiger partial charge on any atom is 0.226 e. The number of anilines is 2. The minimum absolute atomic E-state index is 0.0601. The first-order valence-electron chi connectivity index (χ1n) is 8.32. The van der Waals surface area contributed by atoms with Crippen LogP contribution < -0.4 is 10.2 Å². The predicted molar refractivity (Wildman–Crippen MR) is 97.7 cm³/mol. The van der Waals surface area contributed by atoms with Gasteiger partial charge in [-0.25, -0.2) is 4.98 Å². The number of amides is 1. The topological polar surface area (TPSA) is 94.0 Å². The lowest BCUT2D eigenvalue weighted by Gasteiger charge is -2.39. The van der Waals surface area contributed by atoms with Crippen LogP contribution in [0.1, 0.15) is 38.3 Å². The van der Waals surface area contributed by atoms with E-state index < -0.39 is 0 Å². The Morgan fingerprint density at radius 2 is 2.20 bits per heavy atom. The first-order valence-corrected chi connectivity index (χ1v) is 8.32. The zero-order valence-corrected chi connectivity index (χ0v) is 14.3. The highest BCUT2D eigenvalue weighted by atomic mass is 16.2. The van der Waals surface area contributed by atoms with Crippen LogP contribution in [0.25, 0.3) is 10.4 Å². The summed E-state index contributed by atoms with van der Waals surface area (Å²) < 4.78 is 0. The Balaban J connectivity index is 1.89. The Morgan fingerprint density at radius 3 is 2.88 bits per heavy atom. The number of pyridine rings is 1. The molecule has 1 aliphatic heterocycles. The summed E-state index contributed by atoms with van der Waals surface area (Å²) in [5.41, 5.74) is 11.0. The third kappa shape index (κ3) is 3.41. The minimum atomic E-state index is 0.0601. The van der Waals surface area contributed by atoms with E-state index in [-0.39, 0.29) is 18.0 Å². The van der Waals surface area contributed by atoms with Gasteiger partial charge in [-0.2, -0.15) is 0 Å². The Kier molecular flexibility index (Phi) is 4.86. The molecular weight excluding hydrogens is 316 g/mol. The van der Waals surface area contributed by atoms with Crippen molar-refractivity contribution in [1.82, 2.24) is 4.98 Å². The molecule has 0 fully saturated rings. The third-order valence-corrected chi connectivity index (χ3v) is 4.39. The number of nitrogens with one attached hydrogen (secondary N) is 1. The molecule has 3 rings (SSSR count). The summed E-state index contributed by atoms with van der Waals surface area (Å²) in [6.45, 7) is 3.95. The van der Waals surface area contributed by atoms with Gasteiger partial charge in [0.05, 0.1) is 11.7 Å². The highest BCUT2D eigenvalue weighted by Gasteiger charge is 2.32. The zero-order chi connectivity index (χ0) is 17.8. The molecule has 0 saturated heterocycles. The number of aromatic nitrogens is 1. The van der Waals surface area contributed by atoms with E-state index >= 15 is 0 Å². The van der Waals surface area contributed by atoms with Gasteiger partial charge in [0.15, 0.2) is 0 Å². The number of carbonyl (C=O) groups is 1. The van der Waals surface area contributed by atoms with Crippen molar-refractivity contribution in [1.29, 1.82) is 0 Å². The fourth-order valence-electron chi connectivity index (χ4n) is 3.26. The molecule has 0 spiro atoms. The van der Waals surface area contributed by atoms with Crippen molar-refractivity contribution in [3.05, 3.63) is 58.6 Å². The van der Waals surface area contributed by atoms with Gasteiger partial charge >= 0.3 is 0 Å². The number of hydrogen-bond donors (Lipinski definition) is 1. The molecule has 0 aliphatic carbocycles. The van der Waals surface area contributed by atoms with E-state index in [1.165, 1.54) is 6.20 Å². The van der Waals surface area contributed by atoms with Gasteiger partial charge in [-0.05, 0) is 42.6 Å². The fraction of sp³-hybridized carbons (Fsp3) is 0.333. The number of nitrogens with zero attached hydrogens (tertiary/aromatic N) is 5. The van der Waals surface area contributed by atoms with Crippen LogP contribution in [0.5, 0.6) is 0 Å². The predicted octanol–water partition coefficient (Wildman–Crippen LogP) is 4.71. The van der Waals surface area contributed by atoms with Gasteiger partial charge in [-0.15, -0.1) is 0 Å². The standard InChI is InChI=1S/C18H20N6O/c1-3-18(25)24-12(2)10-15(14-6-4-5-7-16(14)24)21-17-9-8-13(11-20-17)22-23-19/h4-9,11-12,15H,3,10H2,1-2H3,(H,20,21). The van der Waals surface area contributed by atoms with Gasteiger partial charge in [-0.3, -0.25) is 4.79 Å². The average Bonchev–Trinajstić information content (AvgIpc) is 2.63. The highest BCUT2D eigenvalue weighted by molar-refractivity contribution is 5.95. The number of benzene rings is 1. The second-order valence-corrected chi connectivity index (χ2v) is 6.05. The average molecular weight is 336 g/mol. The van der Waals surface area contributed by atoms with Crippen LogP contribution in [0.3, 0.4) is 0 Å². The van der Waals surface area contributed by atoms with Gasteiger partial charge < -0.3 is 10.2 Å². The molecule has 1 aromatic heterocycles. The lowest BCUT2D eigenvalue weighted by atomic mass is 9.91. The maximum atomic E-state index is 12.4. The normalized spacial score (nSPS) is 18.9. The summed E-state index contributed by atoms with van der Waals surface area (Å²) in [5, 5.41) is 6.96. The van der Waals surface area contributed by atoms with Crippen LogP contribution >= 0.6 is 0 Å². The molecule has 2 heterocycles. The summed E-state index contributed by atoms with van der Waals surface area (Å²) in [7, 11) is 0. The molecule has 1 aromatic carbocycles. The number of rotatable bonds is 4. The van der Waals surface area contributed by atoms with Crippen LogP contribution in [0.15, 0.2) is 47.7 Å².